The van der Waals surface area contributed by atoms with Gasteiger partial charge in [-0.2, -0.15) is 0 Å². The molecular weight excluding hydrogens is 344 g/mol. The van der Waals surface area contributed by atoms with E-state index in [2.05, 4.69) is 12.2 Å². The van der Waals surface area contributed by atoms with Gasteiger partial charge in [0, 0.05) is 37.0 Å². The van der Waals surface area contributed by atoms with Crippen LogP contribution in [0, 0.1) is 6.92 Å². The predicted octanol–water partition coefficient (Wildman–Crippen LogP) is 2.99. The molecule has 3 heterocycles. The summed E-state index contributed by atoms with van der Waals surface area (Å²) in [5.74, 6) is 1.40. The first-order valence-corrected chi connectivity index (χ1v) is 9.47. The number of ether oxygens (including phenoxy) is 3. The second kappa shape index (κ2) is 7.27. The van der Waals surface area contributed by atoms with Crippen LogP contribution in [0.5, 0.6) is 11.5 Å². The van der Waals surface area contributed by atoms with Crippen molar-refractivity contribution in [1.82, 2.24) is 4.57 Å². The summed E-state index contributed by atoms with van der Waals surface area (Å²) in [5, 5.41) is 3.43. The minimum Gasteiger partial charge on any atom is -0.493 e. The minimum absolute atomic E-state index is 0.0193. The quantitative estimate of drug-likeness (QED) is 0.877. The molecule has 0 amide bonds. The lowest BCUT2D eigenvalue weighted by molar-refractivity contribution is 0.120. The summed E-state index contributed by atoms with van der Waals surface area (Å²) in [5.41, 5.74) is 5.14. The van der Waals surface area contributed by atoms with Crippen LogP contribution < -0.4 is 20.3 Å². The van der Waals surface area contributed by atoms with Crippen molar-refractivity contribution in [3.05, 3.63) is 39.7 Å². The molecule has 0 bridgehead atoms. The largest absolute Gasteiger partial charge is 0.493 e. The summed E-state index contributed by atoms with van der Waals surface area (Å²) in [6, 6.07) is 5.71. The van der Waals surface area contributed by atoms with Crippen LogP contribution in [0.15, 0.2) is 23.0 Å². The lowest BCUT2D eigenvalue weighted by Gasteiger charge is -2.26. The number of hydrogen-bond acceptors (Lipinski definition) is 5. The van der Waals surface area contributed by atoms with Crippen molar-refractivity contribution in [3.8, 4) is 22.8 Å². The van der Waals surface area contributed by atoms with Gasteiger partial charge >= 0.3 is 0 Å². The molecule has 1 aromatic carbocycles. The number of hydrogen-bond donors (Lipinski definition) is 1. The van der Waals surface area contributed by atoms with Gasteiger partial charge in [-0.25, -0.2) is 0 Å². The third kappa shape index (κ3) is 3.18. The maximum absolute atomic E-state index is 12.8. The summed E-state index contributed by atoms with van der Waals surface area (Å²) in [7, 11) is 3.27. The normalized spacial score (nSPS) is 18.0. The number of aromatic nitrogens is 1. The van der Waals surface area contributed by atoms with Gasteiger partial charge in [0.25, 0.3) is 5.56 Å². The Morgan fingerprint density at radius 2 is 2.00 bits per heavy atom. The highest BCUT2D eigenvalue weighted by molar-refractivity contribution is 5.76. The van der Waals surface area contributed by atoms with E-state index in [4.69, 9.17) is 14.2 Å². The molecule has 2 aliphatic heterocycles. The Bertz CT molecular complexity index is 913. The third-order valence-electron chi connectivity index (χ3n) is 5.58. The number of nitrogens with one attached hydrogen (secondary N) is 1. The third-order valence-corrected chi connectivity index (χ3v) is 5.58. The van der Waals surface area contributed by atoms with Gasteiger partial charge in [0.1, 0.15) is 0 Å². The van der Waals surface area contributed by atoms with Gasteiger partial charge in [0.05, 0.1) is 26.0 Å². The maximum atomic E-state index is 12.8. The molecule has 0 aliphatic carbocycles. The van der Waals surface area contributed by atoms with Gasteiger partial charge < -0.3 is 24.1 Å². The monoisotopic (exact) mass is 370 g/mol. The molecule has 2 aliphatic rings. The predicted molar refractivity (Wildman–Crippen MR) is 105 cm³/mol. The van der Waals surface area contributed by atoms with E-state index in [-0.39, 0.29) is 11.7 Å². The van der Waals surface area contributed by atoms with Gasteiger partial charge in [0.2, 0.25) is 0 Å². The molecule has 1 unspecified atom stereocenters. The summed E-state index contributed by atoms with van der Waals surface area (Å²) < 4.78 is 18.5. The number of anilines is 1. The maximum Gasteiger partial charge on any atom is 0.253 e. The summed E-state index contributed by atoms with van der Waals surface area (Å²) in [6.07, 6.45) is 3.19. The average molecular weight is 370 g/mol. The molecule has 1 fully saturated rings. The van der Waals surface area contributed by atoms with Crippen molar-refractivity contribution in [2.24, 2.45) is 0 Å². The first-order valence-electron chi connectivity index (χ1n) is 9.47. The lowest BCUT2D eigenvalue weighted by Crippen LogP contribution is -2.28. The molecule has 6 heteroatoms. The fraction of sp³-hybridized carbons (Fsp3) is 0.476. The van der Waals surface area contributed by atoms with E-state index in [1.54, 1.807) is 20.3 Å². The molecule has 1 saturated heterocycles. The second-order valence-electron chi connectivity index (χ2n) is 7.15. The van der Waals surface area contributed by atoms with Crippen molar-refractivity contribution in [2.45, 2.75) is 38.8 Å². The first kappa shape index (κ1) is 17.9. The Labute approximate surface area is 159 Å². The summed E-state index contributed by atoms with van der Waals surface area (Å²) in [4.78, 5) is 12.8. The van der Waals surface area contributed by atoms with Gasteiger partial charge in [0.15, 0.2) is 11.5 Å². The molecule has 0 radical (unpaired) electrons. The molecule has 144 valence electrons. The van der Waals surface area contributed by atoms with Crippen LogP contribution in [-0.2, 0) is 17.7 Å². The van der Waals surface area contributed by atoms with Crippen LogP contribution in [0.1, 0.15) is 24.0 Å². The number of aryl methyl sites for hydroxylation is 1. The van der Waals surface area contributed by atoms with E-state index in [1.165, 1.54) is 5.56 Å². The summed E-state index contributed by atoms with van der Waals surface area (Å²) in [6.45, 7) is 4.29. The molecule has 0 spiro atoms. The minimum atomic E-state index is 0.0193. The fourth-order valence-electron chi connectivity index (χ4n) is 4.11. The van der Waals surface area contributed by atoms with E-state index in [0.717, 1.165) is 60.7 Å². The van der Waals surface area contributed by atoms with E-state index >= 15 is 0 Å². The Morgan fingerprint density at radius 1 is 1.22 bits per heavy atom. The molecule has 4 rings (SSSR count). The molecule has 6 nitrogen and oxygen atoms in total. The van der Waals surface area contributed by atoms with Gasteiger partial charge in [-0.15, -0.1) is 0 Å². The molecule has 1 N–H and O–H groups in total. The van der Waals surface area contributed by atoms with Crippen molar-refractivity contribution in [3.63, 3.8) is 0 Å². The molecule has 1 aromatic heterocycles. The number of methoxy groups -OCH3 is 2. The number of pyridine rings is 1. The Balaban J connectivity index is 1.77. The molecule has 0 saturated carbocycles. The van der Waals surface area contributed by atoms with E-state index in [1.807, 2.05) is 16.7 Å². The average Bonchev–Trinajstić information content (AvgIpc) is 3.21. The first-order chi connectivity index (χ1) is 13.1. The molecule has 2 aromatic rings. The Morgan fingerprint density at radius 3 is 2.70 bits per heavy atom. The topological polar surface area (TPSA) is 61.7 Å². The second-order valence-corrected chi connectivity index (χ2v) is 7.15. The van der Waals surface area contributed by atoms with Crippen LogP contribution in [0.2, 0.25) is 0 Å². The molecule has 27 heavy (non-hydrogen) atoms. The van der Waals surface area contributed by atoms with Crippen LogP contribution in [0.25, 0.3) is 11.3 Å². The lowest BCUT2D eigenvalue weighted by atomic mass is 9.93. The fourth-order valence-corrected chi connectivity index (χ4v) is 4.11. The Kier molecular flexibility index (Phi) is 4.83. The highest BCUT2D eigenvalue weighted by Gasteiger charge is 2.24. The number of nitrogens with zero attached hydrogens (tertiary/aromatic N) is 1. The van der Waals surface area contributed by atoms with E-state index < -0.39 is 0 Å². The molecular formula is C21H26N2O4. The van der Waals surface area contributed by atoms with Gasteiger partial charge in [-0.1, -0.05) is 0 Å². The van der Waals surface area contributed by atoms with Gasteiger partial charge in [-0.05, 0) is 49.4 Å². The standard InChI is InChI=1S/C21H26N2O4/c1-13-17(22-12-15-5-4-8-27-15)11-20(24)23-7-6-14-9-18(25-2)19(26-3)10-16(14)21(13)23/h9-11,15,22H,4-8,12H2,1-3H3. The van der Waals surface area contributed by atoms with Gasteiger partial charge in [-0.3, -0.25) is 4.79 Å². The summed E-state index contributed by atoms with van der Waals surface area (Å²) >= 11 is 0. The van der Waals surface area contributed by atoms with Crippen LogP contribution in [0.3, 0.4) is 0 Å². The number of rotatable bonds is 5. The highest BCUT2D eigenvalue weighted by Crippen LogP contribution is 2.40. The van der Waals surface area contributed by atoms with Crippen molar-refractivity contribution < 1.29 is 14.2 Å². The van der Waals surface area contributed by atoms with Crippen LogP contribution in [-0.4, -0.2) is 38.0 Å². The van der Waals surface area contributed by atoms with Crippen molar-refractivity contribution in [1.29, 1.82) is 0 Å². The Hall–Kier alpha value is -2.47. The molecule has 1 atom stereocenters. The number of fused-ring (bicyclic) bond motifs is 3. The van der Waals surface area contributed by atoms with E-state index in [9.17, 15) is 4.79 Å². The SMILES string of the molecule is COc1cc2c(cc1OC)-c1c(C)c(NCC3CCCO3)cc(=O)n1CC2. The van der Waals surface area contributed by atoms with Crippen LogP contribution >= 0.6 is 0 Å². The zero-order valence-corrected chi connectivity index (χ0v) is 16.1. The zero-order chi connectivity index (χ0) is 19.0. The van der Waals surface area contributed by atoms with Crippen molar-refractivity contribution in [2.75, 3.05) is 32.7 Å². The van der Waals surface area contributed by atoms with Crippen LogP contribution in [0.4, 0.5) is 5.69 Å². The zero-order valence-electron chi connectivity index (χ0n) is 16.1. The van der Waals surface area contributed by atoms with Crippen molar-refractivity contribution >= 4 is 5.69 Å². The van der Waals surface area contributed by atoms with E-state index in [0.29, 0.717) is 12.3 Å². The number of benzene rings is 1. The highest BCUT2D eigenvalue weighted by atomic mass is 16.5. The smallest absolute Gasteiger partial charge is 0.253 e.